The molecule has 1 amide bonds. The number of esters is 1. The zero-order valence-corrected chi connectivity index (χ0v) is 17.3. The van der Waals surface area contributed by atoms with E-state index < -0.39 is 5.97 Å². The number of amides is 1. The largest absolute Gasteiger partial charge is 0.489 e. The van der Waals surface area contributed by atoms with Crippen LogP contribution in [0, 0.1) is 0 Å². The van der Waals surface area contributed by atoms with E-state index in [2.05, 4.69) is 0 Å². The second kappa shape index (κ2) is 8.59. The van der Waals surface area contributed by atoms with Crippen molar-refractivity contribution in [2.24, 2.45) is 0 Å². The van der Waals surface area contributed by atoms with Crippen LogP contribution in [-0.2, 0) is 22.6 Å². The molecular weight excluding hydrogens is 406 g/mol. The lowest BCUT2D eigenvalue weighted by Crippen LogP contribution is -2.33. The van der Waals surface area contributed by atoms with E-state index in [1.165, 1.54) is 0 Å². The third-order valence-electron chi connectivity index (χ3n) is 5.53. The van der Waals surface area contributed by atoms with Gasteiger partial charge in [0, 0.05) is 17.6 Å². The standard InChI is InChI=1S/C26H21NO5/c28-24(27-15-14-18-8-4-6-12-22(18)27)17-31-26(29)25-21(16-30-19-9-2-1-3-10-19)20-11-5-7-13-23(20)32-25/h1-13H,14-17H2. The number of furan rings is 1. The first-order valence-electron chi connectivity index (χ1n) is 10.4. The number of ether oxygens (including phenoxy) is 2. The van der Waals surface area contributed by atoms with E-state index in [0.717, 1.165) is 23.1 Å². The summed E-state index contributed by atoms with van der Waals surface area (Å²) in [5.41, 5.74) is 3.14. The van der Waals surface area contributed by atoms with Gasteiger partial charge >= 0.3 is 5.97 Å². The molecule has 2 heterocycles. The SMILES string of the molecule is O=C(OCC(=O)N1CCc2ccccc21)c1oc2ccccc2c1COc1ccccc1. The monoisotopic (exact) mass is 427 g/mol. The first kappa shape index (κ1) is 19.9. The predicted molar refractivity (Wildman–Crippen MR) is 120 cm³/mol. The third kappa shape index (κ3) is 3.83. The fourth-order valence-corrected chi connectivity index (χ4v) is 3.95. The summed E-state index contributed by atoms with van der Waals surface area (Å²) in [6.07, 6.45) is 0.792. The first-order chi connectivity index (χ1) is 15.7. The topological polar surface area (TPSA) is 69.0 Å². The van der Waals surface area contributed by atoms with E-state index in [1.807, 2.05) is 72.8 Å². The van der Waals surface area contributed by atoms with Gasteiger partial charge in [-0.1, -0.05) is 54.6 Å². The summed E-state index contributed by atoms with van der Waals surface area (Å²) < 4.78 is 17.0. The Hall–Kier alpha value is -4.06. The van der Waals surface area contributed by atoms with Crippen LogP contribution in [0.1, 0.15) is 21.7 Å². The van der Waals surface area contributed by atoms with Crippen LogP contribution < -0.4 is 9.64 Å². The molecule has 1 aromatic heterocycles. The number of nitrogens with zero attached hydrogens (tertiary/aromatic N) is 1. The van der Waals surface area contributed by atoms with Crippen LogP contribution in [-0.4, -0.2) is 25.0 Å². The Bertz CT molecular complexity index is 1280. The first-order valence-corrected chi connectivity index (χ1v) is 10.4. The molecule has 0 bridgehead atoms. The van der Waals surface area contributed by atoms with Gasteiger partial charge < -0.3 is 18.8 Å². The van der Waals surface area contributed by atoms with Gasteiger partial charge in [0.2, 0.25) is 5.76 Å². The van der Waals surface area contributed by atoms with Crippen LogP contribution in [0.15, 0.2) is 83.3 Å². The second-order valence-corrected chi connectivity index (χ2v) is 7.51. The van der Waals surface area contributed by atoms with Gasteiger partial charge in [-0.25, -0.2) is 4.79 Å². The summed E-state index contributed by atoms with van der Waals surface area (Å²) in [4.78, 5) is 27.2. The molecule has 5 rings (SSSR count). The van der Waals surface area contributed by atoms with E-state index in [0.29, 0.717) is 23.4 Å². The average molecular weight is 427 g/mol. The molecule has 32 heavy (non-hydrogen) atoms. The highest BCUT2D eigenvalue weighted by Crippen LogP contribution is 2.29. The molecule has 0 unspecified atom stereocenters. The lowest BCUT2D eigenvalue weighted by atomic mass is 10.1. The molecule has 6 heteroatoms. The number of fused-ring (bicyclic) bond motifs is 2. The van der Waals surface area contributed by atoms with Gasteiger partial charge in [-0.15, -0.1) is 0 Å². The number of benzene rings is 3. The van der Waals surface area contributed by atoms with Gasteiger partial charge in [-0.05, 0) is 36.2 Å². The Morgan fingerprint density at radius 1 is 0.906 bits per heavy atom. The molecule has 0 N–H and O–H groups in total. The van der Waals surface area contributed by atoms with Gasteiger partial charge in [0.15, 0.2) is 6.61 Å². The van der Waals surface area contributed by atoms with Gasteiger partial charge in [0.05, 0.1) is 5.56 Å². The maximum Gasteiger partial charge on any atom is 0.375 e. The van der Waals surface area contributed by atoms with Crippen molar-refractivity contribution in [1.29, 1.82) is 0 Å². The van der Waals surface area contributed by atoms with Crippen molar-refractivity contribution in [2.45, 2.75) is 13.0 Å². The minimum atomic E-state index is -0.686. The van der Waals surface area contributed by atoms with Gasteiger partial charge in [0.25, 0.3) is 5.91 Å². The van der Waals surface area contributed by atoms with Gasteiger partial charge in [0.1, 0.15) is 17.9 Å². The highest BCUT2D eigenvalue weighted by atomic mass is 16.5. The maximum atomic E-state index is 12.9. The highest BCUT2D eigenvalue weighted by Gasteiger charge is 2.27. The quantitative estimate of drug-likeness (QED) is 0.415. The fourth-order valence-electron chi connectivity index (χ4n) is 3.95. The lowest BCUT2D eigenvalue weighted by Gasteiger charge is -2.17. The molecule has 0 aliphatic carbocycles. The molecule has 0 saturated heterocycles. The normalized spacial score (nSPS) is 12.6. The Kier molecular flexibility index (Phi) is 5.34. The molecular formula is C26H21NO5. The summed E-state index contributed by atoms with van der Waals surface area (Å²) in [7, 11) is 0. The summed E-state index contributed by atoms with van der Waals surface area (Å²) >= 11 is 0. The zero-order valence-electron chi connectivity index (χ0n) is 17.3. The van der Waals surface area contributed by atoms with Crippen molar-refractivity contribution >= 4 is 28.5 Å². The van der Waals surface area contributed by atoms with Crippen LogP contribution in [0.5, 0.6) is 5.75 Å². The Labute approximate surface area is 185 Å². The van der Waals surface area contributed by atoms with Crippen molar-refractivity contribution in [3.63, 3.8) is 0 Å². The Morgan fingerprint density at radius 3 is 2.53 bits per heavy atom. The molecule has 1 aliphatic heterocycles. The molecule has 0 saturated carbocycles. The van der Waals surface area contributed by atoms with E-state index in [-0.39, 0.29) is 24.9 Å². The smallest absolute Gasteiger partial charge is 0.375 e. The minimum absolute atomic E-state index is 0.0525. The molecule has 160 valence electrons. The average Bonchev–Trinajstić information content (AvgIpc) is 3.43. The number of carbonyl (C=O) groups is 2. The second-order valence-electron chi connectivity index (χ2n) is 7.51. The minimum Gasteiger partial charge on any atom is -0.489 e. The highest BCUT2D eigenvalue weighted by molar-refractivity contribution is 6.00. The van der Waals surface area contributed by atoms with Crippen molar-refractivity contribution in [1.82, 2.24) is 0 Å². The van der Waals surface area contributed by atoms with Crippen molar-refractivity contribution in [3.05, 3.63) is 95.7 Å². The van der Waals surface area contributed by atoms with Crippen molar-refractivity contribution < 1.29 is 23.5 Å². The third-order valence-corrected chi connectivity index (χ3v) is 5.53. The van der Waals surface area contributed by atoms with Crippen LogP contribution >= 0.6 is 0 Å². The van der Waals surface area contributed by atoms with E-state index in [1.54, 1.807) is 11.0 Å². The summed E-state index contributed by atoms with van der Waals surface area (Å²) in [6.45, 7) is 0.360. The van der Waals surface area contributed by atoms with E-state index >= 15 is 0 Å². The Morgan fingerprint density at radius 2 is 1.66 bits per heavy atom. The van der Waals surface area contributed by atoms with Gasteiger partial charge in [-0.2, -0.15) is 0 Å². The molecule has 6 nitrogen and oxygen atoms in total. The Balaban J connectivity index is 1.32. The number of hydrogen-bond acceptors (Lipinski definition) is 5. The number of para-hydroxylation sites is 3. The van der Waals surface area contributed by atoms with Gasteiger partial charge in [-0.3, -0.25) is 4.79 Å². The molecule has 3 aromatic carbocycles. The summed E-state index contributed by atoms with van der Waals surface area (Å²) in [5.74, 6) is -0.216. The molecule has 0 spiro atoms. The molecule has 1 aliphatic rings. The molecule has 4 aromatic rings. The van der Waals surface area contributed by atoms with E-state index in [4.69, 9.17) is 13.9 Å². The summed E-state index contributed by atoms with van der Waals surface area (Å²) in [6, 6.07) is 24.4. The number of carbonyl (C=O) groups excluding carboxylic acids is 2. The van der Waals surface area contributed by atoms with Crippen LogP contribution in [0.4, 0.5) is 5.69 Å². The molecule has 0 atom stereocenters. The maximum absolute atomic E-state index is 12.9. The predicted octanol–water partition coefficient (Wildman–Crippen LogP) is 4.76. The summed E-state index contributed by atoms with van der Waals surface area (Å²) in [5, 5.41) is 0.773. The number of anilines is 1. The van der Waals surface area contributed by atoms with Crippen LogP contribution in [0.25, 0.3) is 11.0 Å². The zero-order chi connectivity index (χ0) is 21.9. The number of rotatable bonds is 6. The fraction of sp³-hybridized carbons (Fsp3) is 0.154. The lowest BCUT2D eigenvalue weighted by molar-refractivity contribution is -0.121. The molecule has 0 radical (unpaired) electrons. The van der Waals surface area contributed by atoms with Crippen LogP contribution in [0.3, 0.4) is 0 Å². The van der Waals surface area contributed by atoms with Crippen LogP contribution in [0.2, 0.25) is 0 Å². The van der Waals surface area contributed by atoms with E-state index in [9.17, 15) is 9.59 Å². The van der Waals surface area contributed by atoms with Crippen molar-refractivity contribution in [2.75, 3.05) is 18.1 Å². The van der Waals surface area contributed by atoms with Crippen molar-refractivity contribution in [3.8, 4) is 5.75 Å². The molecule has 0 fully saturated rings. The number of hydrogen-bond donors (Lipinski definition) is 0.